The third-order valence-electron chi connectivity index (χ3n) is 4.53. The minimum Gasteiger partial charge on any atom is -0.468 e. The topological polar surface area (TPSA) is 109 Å². The van der Waals surface area contributed by atoms with Gasteiger partial charge in [-0.1, -0.05) is 19.0 Å². The lowest BCUT2D eigenvalue weighted by atomic mass is 10.0. The molecule has 0 N–H and O–H groups in total. The van der Waals surface area contributed by atoms with Crippen LogP contribution in [0.1, 0.15) is 43.3 Å². The summed E-state index contributed by atoms with van der Waals surface area (Å²) in [5, 5.41) is 21.2. The number of aryl methyl sites for hydroxylation is 2. The minimum absolute atomic E-state index is 0.256. The van der Waals surface area contributed by atoms with Crippen molar-refractivity contribution >= 4 is 5.65 Å². The molecule has 140 valence electrons. The molecule has 1 atom stereocenters. The van der Waals surface area contributed by atoms with E-state index in [1.165, 1.54) is 6.33 Å². The van der Waals surface area contributed by atoms with E-state index >= 15 is 0 Å². The average Bonchev–Trinajstić information content (AvgIpc) is 3.38. The van der Waals surface area contributed by atoms with Crippen LogP contribution >= 0.6 is 0 Å². The van der Waals surface area contributed by atoms with E-state index in [1.54, 1.807) is 15.3 Å². The van der Waals surface area contributed by atoms with E-state index in [1.807, 2.05) is 20.0 Å². The van der Waals surface area contributed by atoms with E-state index in [2.05, 4.69) is 44.4 Å². The third kappa shape index (κ3) is 3.14. The molecule has 4 aromatic rings. The molecule has 0 saturated carbocycles. The monoisotopic (exact) mass is 368 g/mol. The second-order valence-electron chi connectivity index (χ2n) is 6.42. The van der Waals surface area contributed by atoms with E-state index in [-0.39, 0.29) is 12.5 Å². The van der Waals surface area contributed by atoms with Crippen molar-refractivity contribution in [3.8, 4) is 17.4 Å². The van der Waals surface area contributed by atoms with Gasteiger partial charge in [0, 0.05) is 18.7 Å². The van der Waals surface area contributed by atoms with Gasteiger partial charge >= 0.3 is 0 Å². The Bertz CT molecular complexity index is 1080. The molecule has 4 aromatic heterocycles. The van der Waals surface area contributed by atoms with Crippen LogP contribution < -0.4 is 4.74 Å². The molecule has 0 aliphatic heterocycles. The largest absolute Gasteiger partial charge is 0.468 e. The molecule has 0 saturated heterocycles. The summed E-state index contributed by atoms with van der Waals surface area (Å²) in [5.74, 6) is 2.67. The summed E-state index contributed by atoms with van der Waals surface area (Å²) in [6.07, 6.45) is 2.44. The number of rotatable bonds is 6. The van der Waals surface area contributed by atoms with E-state index < -0.39 is 0 Å². The molecule has 0 aromatic carbocycles. The van der Waals surface area contributed by atoms with Gasteiger partial charge in [0.15, 0.2) is 17.2 Å². The van der Waals surface area contributed by atoms with Gasteiger partial charge in [0.25, 0.3) is 0 Å². The summed E-state index contributed by atoms with van der Waals surface area (Å²) in [6, 6.07) is 3.75. The van der Waals surface area contributed by atoms with Gasteiger partial charge in [-0.05, 0) is 25.3 Å². The fourth-order valence-electron chi connectivity index (χ4n) is 2.73. The van der Waals surface area contributed by atoms with E-state index in [0.717, 1.165) is 12.0 Å². The van der Waals surface area contributed by atoms with Crippen LogP contribution in [0.5, 0.6) is 5.88 Å². The second-order valence-corrected chi connectivity index (χ2v) is 6.42. The normalized spacial score (nSPS) is 12.6. The smallest absolute Gasteiger partial charge is 0.235 e. The van der Waals surface area contributed by atoms with Gasteiger partial charge in [-0.3, -0.25) is 4.68 Å². The van der Waals surface area contributed by atoms with Crippen molar-refractivity contribution in [3.05, 3.63) is 35.6 Å². The molecule has 0 fully saturated rings. The first kappa shape index (κ1) is 17.1. The summed E-state index contributed by atoms with van der Waals surface area (Å²) in [6.45, 7) is 6.33. The fraction of sp³-hybridized carbons (Fsp3) is 0.412. The molecule has 0 aliphatic rings. The molecule has 0 radical (unpaired) electrons. The molecule has 10 nitrogen and oxygen atoms in total. The Morgan fingerprint density at radius 2 is 2.11 bits per heavy atom. The molecular weight excluding hydrogens is 348 g/mol. The maximum atomic E-state index is 6.00. The summed E-state index contributed by atoms with van der Waals surface area (Å²) < 4.78 is 14.4. The number of nitrogens with zero attached hydrogens (tertiary/aromatic N) is 8. The lowest BCUT2D eigenvalue weighted by Crippen LogP contribution is -2.10. The number of ether oxygens (including phenoxy) is 1. The van der Waals surface area contributed by atoms with Crippen LogP contribution in [0.25, 0.3) is 17.2 Å². The molecule has 4 heterocycles. The predicted octanol–water partition coefficient (Wildman–Crippen LogP) is 2.31. The Hall–Kier alpha value is -3.30. The van der Waals surface area contributed by atoms with E-state index in [9.17, 15) is 0 Å². The van der Waals surface area contributed by atoms with Crippen LogP contribution in [0.15, 0.2) is 23.0 Å². The number of hydrogen-bond donors (Lipinski definition) is 0. The maximum absolute atomic E-state index is 6.00. The zero-order valence-electron chi connectivity index (χ0n) is 15.6. The van der Waals surface area contributed by atoms with Crippen molar-refractivity contribution in [2.24, 2.45) is 7.05 Å². The van der Waals surface area contributed by atoms with Gasteiger partial charge in [0.05, 0.1) is 0 Å². The molecule has 10 heteroatoms. The highest BCUT2D eigenvalue weighted by atomic mass is 16.5. The van der Waals surface area contributed by atoms with Crippen molar-refractivity contribution in [1.82, 2.24) is 39.7 Å². The van der Waals surface area contributed by atoms with Gasteiger partial charge in [0.2, 0.25) is 11.7 Å². The minimum atomic E-state index is 0.256. The SMILES string of the molecule is CCC(C)c1cc2nnc(-c3cc(C)on3)n2nc1OCc1ncnn1C. The van der Waals surface area contributed by atoms with E-state index in [0.29, 0.717) is 34.6 Å². The summed E-state index contributed by atoms with van der Waals surface area (Å²) >= 11 is 0. The van der Waals surface area contributed by atoms with Crippen LogP contribution in [0.3, 0.4) is 0 Å². The third-order valence-corrected chi connectivity index (χ3v) is 4.53. The zero-order valence-corrected chi connectivity index (χ0v) is 15.6. The Balaban J connectivity index is 1.77. The van der Waals surface area contributed by atoms with Gasteiger partial charge in [-0.2, -0.15) is 9.61 Å². The lowest BCUT2D eigenvalue weighted by molar-refractivity contribution is 0.269. The second kappa shape index (κ2) is 6.78. The van der Waals surface area contributed by atoms with E-state index in [4.69, 9.17) is 9.26 Å². The van der Waals surface area contributed by atoms with Crippen LogP contribution in [-0.4, -0.2) is 39.7 Å². The molecule has 1 unspecified atom stereocenters. The van der Waals surface area contributed by atoms with Gasteiger partial charge in [-0.15, -0.1) is 15.3 Å². The predicted molar refractivity (Wildman–Crippen MR) is 95.1 cm³/mol. The molecule has 0 aliphatic carbocycles. The van der Waals surface area contributed by atoms with Crippen molar-refractivity contribution in [1.29, 1.82) is 0 Å². The molecule has 0 amide bonds. The van der Waals surface area contributed by atoms with Crippen LogP contribution in [0.4, 0.5) is 0 Å². The van der Waals surface area contributed by atoms with Crippen LogP contribution in [-0.2, 0) is 13.7 Å². The highest BCUT2D eigenvalue weighted by Gasteiger charge is 2.20. The molecular formula is C17H20N8O2. The number of fused-ring (bicyclic) bond motifs is 1. The first-order valence-corrected chi connectivity index (χ1v) is 8.72. The van der Waals surface area contributed by atoms with Gasteiger partial charge in [-0.25, -0.2) is 4.98 Å². The summed E-state index contributed by atoms with van der Waals surface area (Å²) in [7, 11) is 1.82. The first-order chi connectivity index (χ1) is 13.1. The first-order valence-electron chi connectivity index (χ1n) is 8.72. The molecule has 4 rings (SSSR count). The van der Waals surface area contributed by atoms with Crippen molar-refractivity contribution < 1.29 is 9.26 Å². The number of hydrogen-bond acceptors (Lipinski definition) is 8. The molecule has 0 bridgehead atoms. The summed E-state index contributed by atoms with van der Waals surface area (Å²) in [5.41, 5.74) is 2.18. The number of aromatic nitrogens is 8. The Morgan fingerprint density at radius 3 is 2.78 bits per heavy atom. The lowest BCUT2D eigenvalue weighted by Gasteiger charge is -2.14. The highest BCUT2D eigenvalue weighted by Crippen LogP contribution is 2.29. The Kier molecular flexibility index (Phi) is 4.30. The highest BCUT2D eigenvalue weighted by molar-refractivity contribution is 5.56. The zero-order chi connectivity index (χ0) is 19.0. The fourth-order valence-corrected chi connectivity index (χ4v) is 2.73. The molecule has 27 heavy (non-hydrogen) atoms. The van der Waals surface area contributed by atoms with Crippen LogP contribution in [0.2, 0.25) is 0 Å². The standard InChI is InChI=1S/C17H20N8O2/c1-5-10(2)12-7-14-20-21-16(13-6-11(3)27-23-13)25(14)22-17(12)26-8-15-18-9-19-24(15)4/h6-7,9-10H,5,8H2,1-4H3. The Morgan fingerprint density at radius 1 is 1.26 bits per heavy atom. The average molecular weight is 368 g/mol. The van der Waals surface area contributed by atoms with Crippen molar-refractivity contribution in [2.75, 3.05) is 0 Å². The summed E-state index contributed by atoms with van der Waals surface area (Å²) in [4.78, 5) is 4.19. The van der Waals surface area contributed by atoms with Crippen molar-refractivity contribution in [2.45, 2.75) is 39.7 Å². The maximum Gasteiger partial charge on any atom is 0.235 e. The van der Waals surface area contributed by atoms with Crippen molar-refractivity contribution in [3.63, 3.8) is 0 Å². The quantitative estimate of drug-likeness (QED) is 0.510. The van der Waals surface area contributed by atoms with Gasteiger partial charge < -0.3 is 9.26 Å². The molecule has 0 spiro atoms. The van der Waals surface area contributed by atoms with Gasteiger partial charge in [0.1, 0.15) is 18.7 Å². The van der Waals surface area contributed by atoms with Crippen LogP contribution in [0, 0.1) is 6.92 Å². The Labute approximate surface area is 155 Å².